The summed E-state index contributed by atoms with van der Waals surface area (Å²) in [6, 6.07) is 2.04. The summed E-state index contributed by atoms with van der Waals surface area (Å²) < 4.78 is 26.0. The van der Waals surface area contributed by atoms with Crippen molar-refractivity contribution in [2.24, 2.45) is 16.9 Å². The lowest BCUT2D eigenvalue weighted by Crippen LogP contribution is -2.34. The Morgan fingerprint density at radius 3 is 2.08 bits per heavy atom. The lowest BCUT2D eigenvalue weighted by atomic mass is 9.72. The summed E-state index contributed by atoms with van der Waals surface area (Å²) in [5.74, 6) is -3.54. The first kappa shape index (κ1) is 22.0. The zero-order valence-electron chi connectivity index (χ0n) is 14.6. The Balaban J connectivity index is 0.000000263. The fourth-order valence-corrected chi connectivity index (χ4v) is 3.11. The summed E-state index contributed by atoms with van der Waals surface area (Å²) in [6.45, 7) is 0.527. The van der Waals surface area contributed by atoms with Crippen LogP contribution in [-0.2, 0) is 16.0 Å². The third kappa shape index (κ3) is 6.68. The van der Waals surface area contributed by atoms with Crippen molar-refractivity contribution in [3.05, 3.63) is 35.4 Å². The quantitative estimate of drug-likeness (QED) is 0.607. The Labute approximate surface area is 151 Å². The molecule has 146 valence electrons. The highest BCUT2D eigenvalue weighted by Gasteiger charge is 2.32. The van der Waals surface area contributed by atoms with Crippen LogP contribution in [0.3, 0.4) is 0 Å². The molecule has 0 bridgehead atoms. The normalized spacial score (nSPS) is 16.9. The zero-order valence-corrected chi connectivity index (χ0v) is 14.6. The van der Waals surface area contributed by atoms with Gasteiger partial charge in [-0.1, -0.05) is 25.3 Å². The fraction of sp³-hybridized carbons (Fsp3) is 0.556. The highest BCUT2D eigenvalue weighted by Crippen LogP contribution is 2.38. The van der Waals surface area contributed by atoms with E-state index in [1.165, 1.54) is 12.5 Å². The third-order valence-electron chi connectivity index (χ3n) is 4.68. The molecular weight excluding hydrogens is 346 g/mol. The van der Waals surface area contributed by atoms with Gasteiger partial charge in [0.2, 0.25) is 0 Å². The van der Waals surface area contributed by atoms with E-state index in [1.54, 1.807) is 0 Å². The van der Waals surface area contributed by atoms with Gasteiger partial charge in [-0.3, -0.25) is 9.59 Å². The molecule has 26 heavy (non-hydrogen) atoms. The molecule has 2 rings (SSSR count). The Morgan fingerprint density at radius 1 is 1.12 bits per heavy atom. The second-order valence-electron chi connectivity index (χ2n) is 6.68. The van der Waals surface area contributed by atoms with E-state index < -0.39 is 29.6 Å². The maximum absolute atomic E-state index is 13.0. The summed E-state index contributed by atoms with van der Waals surface area (Å²) in [5, 5.41) is 17.2. The number of benzene rings is 1. The SMILES string of the molecule is NCC1(CC(=O)O)CCCCC1.N[C@@H](Cc1c(F)cccc1F)C(=O)O. The first-order valence-corrected chi connectivity index (χ1v) is 8.54. The van der Waals surface area contributed by atoms with Crippen molar-refractivity contribution < 1.29 is 28.6 Å². The van der Waals surface area contributed by atoms with Gasteiger partial charge < -0.3 is 21.7 Å². The molecule has 1 fully saturated rings. The highest BCUT2D eigenvalue weighted by molar-refractivity contribution is 5.73. The van der Waals surface area contributed by atoms with Crippen LogP contribution in [-0.4, -0.2) is 34.7 Å². The van der Waals surface area contributed by atoms with E-state index in [0.29, 0.717) is 6.54 Å². The van der Waals surface area contributed by atoms with Crippen molar-refractivity contribution >= 4 is 11.9 Å². The highest BCUT2D eigenvalue weighted by atomic mass is 19.1. The number of carbonyl (C=O) groups is 2. The van der Waals surface area contributed by atoms with Gasteiger partial charge in [0.15, 0.2) is 0 Å². The van der Waals surface area contributed by atoms with E-state index in [0.717, 1.165) is 37.8 Å². The molecule has 0 radical (unpaired) electrons. The number of carboxylic acids is 2. The van der Waals surface area contributed by atoms with Crippen LogP contribution in [0.25, 0.3) is 0 Å². The maximum atomic E-state index is 13.0. The standard InChI is InChI=1S/C9H9F2NO2.C9H17NO2/c10-6-2-1-3-7(11)5(6)4-8(12)9(13)14;10-7-9(6-8(11)12)4-2-1-3-5-9/h1-3,8H,4,12H2,(H,13,14);1-7,10H2,(H,11,12)/t8-;/m0./s1. The Kier molecular flexibility index (Phi) is 8.60. The molecule has 1 atom stereocenters. The molecule has 0 heterocycles. The second-order valence-corrected chi connectivity index (χ2v) is 6.68. The second kappa shape index (κ2) is 10.2. The van der Waals surface area contributed by atoms with Gasteiger partial charge in [-0.15, -0.1) is 0 Å². The minimum atomic E-state index is -1.29. The Bertz CT molecular complexity index is 599. The summed E-state index contributed by atoms with van der Waals surface area (Å²) in [6.07, 6.45) is 5.42. The van der Waals surface area contributed by atoms with Crippen molar-refractivity contribution in [1.29, 1.82) is 0 Å². The number of hydrogen-bond acceptors (Lipinski definition) is 4. The number of carboxylic acid groups (broad SMARTS) is 2. The van der Waals surface area contributed by atoms with Crippen molar-refractivity contribution in [2.45, 2.75) is 51.0 Å². The molecule has 6 N–H and O–H groups in total. The number of nitrogens with two attached hydrogens (primary N) is 2. The molecule has 0 unspecified atom stereocenters. The largest absolute Gasteiger partial charge is 0.481 e. The van der Waals surface area contributed by atoms with Gasteiger partial charge in [0.1, 0.15) is 17.7 Å². The smallest absolute Gasteiger partial charge is 0.320 e. The van der Waals surface area contributed by atoms with Crippen LogP contribution in [0, 0.1) is 17.0 Å². The number of rotatable bonds is 6. The molecule has 0 aliphatic heterocycles. The molecule has 0 aromatic heterocycles. The minimum Gasteiger partial charge on any atom is -0.481 e. The van der Waals surface area contributed by atoms with Gasteiger partial charge >= 0.3 is 11.9 Å². The minimum absolute atomic E-state index is 0.0793. The van der Waals surface area contributed by atoms with Crippen LogP contribution >= 0.6 is 0 Å². The monoisotopic (exact) mass is 372 g/mol. The molecule has 6 nitrogen and oxygen atoms in total. The van der Waals surface area contributed by atoms with Crippen molar-refractivity contribution in [3.63, 3.8) is 0 Å². The van der Waals surface area contributed by atoms with Gasteiger partial charge in [0.25, 0.3) is 0 Å². The van der Waals surface area contributed by atoms with E-state index in [1.807, 2.05) is 0 Å². The molecule has 1 aliphatic rings. The number of aliphatic carboxylic acids is 2. The Hall–Kier alpha value is -2.06. The van der Waals surface area contributed by atoms with Gasteiger partial charge in [0.05, 0.1) is 6.42 Å². The van der Waals surface area contributed by atoms with Crippen LogP contribution < -0.4 is 11.5 Å². The molecule has 1 saturated carbocycles. The Morgan fingerprint density at radius 2 is 1.65 bits per heavy atom. The van der Waals surface area contributed by atoms with E-state index in [-0.39, 0.29) is 23.8 Å². The molecule has 0 amide bonds. The van der Waals surface area contributed by atoms with E-state index in [9.17, 15) is 18.4 Å². The molecule has 0 saturated heterocycles. The summed E-state index contributed by atoms with van der Waals surface area (Å²) in [7, 11) is 0. The summed E-state index contributed by atoms with van der Waals surface area (Å²) >= 11 is 0. The fourth-order valence-electron chi connectivity index (χ4n) is 3.11. The van der Waals surface area contributed by atoms with Crippen LogP contribution in [0.15, 0.2) is 18.2 Å². The topological polar surface area (TPSA) is 127 Å². The van der Waals surface area contributed by atoms with Gasteiger partial charge in [0, 0.05) is 12.0 Å². The van der Waals surface area contributed by atoms with Crippen LogP contribution in [0.4, 0.5) is 8.78 Å². The lowest BCUT2D eigenvalue weighted by Gasteiger charge is -2.34. The van der Waals surface area contributed by atoms with Crippen LogP contribution in [0.5, 0.6) is 0 Å². The predicted molar refractivity (Wildman–Crippen MR) is 92.5 cm³/mol. The predicted octanol–water partition coefficient (Wildman–Crippen LogP) is 2.29. The molecule has 0 spiro atoms. The first-order valence-electron chi connectivity index (χ1n) is 8.54. The van der Waals surface area contributed by atoms with Crippen molar-refractivity contribution in [1.82, 2.24) is 0 Å². The summed E-state index contributed by atoms with van der Waals surface area (Å²) in [5.41, 5.74) is 10.4. The average molecular weight is 372 g/mol. The molecular formula is C18H26F2N2O4. The van der Waals surface area contributed by atoms with Gasteiger partial charge in [-0.25, -0.2) is 8.78 Å². The van der Waals surface area contributed by atoms with E-state index >= 15 is 0 Å². The third-order valence-corrected chi connectivity index (χ3v) is 4.68. The van der Waals surface area contributed by atoms with E-state index in [4.69, 9.17) is 21.7 Å². The molecule has 1 aromatic rings. The van der Waals surface area contributed by atoms with Crippen molar-refractivity contribution in [3.8, 4) is 0 Å². The zero-order chi connectivity index (χ0) is 19.7. The number of halogens is 2. The van der Waals surface area contributed by atoms with Gasteiger partial charge in [-0.05, 0) is 36.9 Å². The molecule has 8 heteroatoms. The maximum Gasteiger partial charge on any atom is 0.320 e. The van der Waals surface area contributed by atoms with E-state index in [2.05, 4.69) is 0 Å². The molecule has 1 aromatic carbocycles. The summed E-state index contributed by atoms with van der Waals surface area (Å²) in [4.78, 5) is 20.9. The van der Waals surface area contributed by atoms with Crippen LogP contribution in [0.1, 0.15) is 44.1 Å². The molecule has 1 aliphatic carbocycles. The first-order chi connectivity index (χ1) is 12.2. The van der Waals surface area contributed by atoms with Crippen LogP contribution in [0.2, 0.25) is 0 Å². The number of hydrogen-bond donors (Lipinski definition) is 4. The van der Waals surface area contributed by atoms with Gasteiger partial charge in [-0.2, -0.15) is 0 Å². The lowest BCUT2D eigenvalue weighted by molar-refractivity contribution is -0.140. The average Bonchev–Trinajstić information content (AvgIpc) is 2.59. The van der Waals surface area contributed by atoms with Crippen molar-refractivity contribution in [2.75, 3.05) is 6.54 Å².